The van der Waals surface area contributed by atoms with E-state index in [9.17, 15) is 4.79 Å². The van der Waals surface area contributed by atoms with Crippen molar-refractivity contribution in [1.82, 2.24) is 5.32 Å². The second-order valence-electron chi connectivity index (χ2n) is 4.91. The highest BCUT2D eigenvalue weighted by atomic mass is 16.2. The van der Waals surface area contributed by atoms with Crippen LogP contribution in [-0.4, -0.2) is 24.8 Å². The maximum atomic E-state index is 12.0. The highest BCUT2D eigenvalue weighted by Gasteiger charge is 2.13. The zero-order valence-electron chi connectivity index (χ0n) is 11.7. The van der Waals surface area contributed by atoms with E-state index in [0.29, 0.717) is 12.4 Å². The summed E-state index contributed by atoms with van der Waals surface area (Å²) in [4.78, 5) is 16.2. The summed E-state index contributed by atoms with van der Waals surface area (Å²) in [6, 6.07) is 18.0. The molecule has 0 radical (unpaired) electrons. The zero-order chi connectivity index (χ0) is 14.5. The minimum atomic E-state index is -0.179. The van der Waals surface area contributed by atoms with Crippen molar-refractivity contribution >= 4 is 17.4 Å². The summed E-state index contributed by atoms with van der Waals surface area (Å²) in [5.74, 6) is 0.246. The highest BCUT2D eigenvalue weighted by molar-refractivity contribution is 6.42. The predicted octanol–water partition coefficient (Wildman–Crippen LogP) is 2.68. The van der Waals surface area contributed by atoms with Gasteiger partial charge in [-0.1, -0.05) is 42.5 Å². The molecule has 0 spiro atoms. The average Bonchev–Trinajstić information content (AvgIpc) is 2.57. The smallest absolute Gasteiger partial charge is 0.290 e. The number of aliphatic imine (C=N–C) groups is 1. The maximum absolute atomic E-state index is 12.0. The average molecular weight is 279 g/mol. The van der Waals surface area contributed by atoms with Crippen molar-refractivity contribution in [2.45, 2.75) is 6.42 Å². The molecule has 0 saturated heterocycles. The number of nitrogens with one attached hydrogen (secondary N) is 2. The maximum Gasteiger partial charge on any atom is 0.290 e. The molecule has 0 atom stereocenters. The van der Waals surface area contributed by atoms with E-state index >= 15 is 0 Å². The van der Waals surface area contributed by atoms with Gasteiger partial charge in [0.05, 0.1) is 0 Å². The number of carbonyl (C=O) groups is 1. The Morgan fingerprint density at radius 2 is 1.71 bits per heavy atom. The molecule has 0 aromatic heterocycles. The monoisotopic (exact) mass is 279 g/mol. The van der Waals surface area contributed by atoms with Crippen molar-refractivity contribution in [3.05, 3.63) is 54.6 Å². The largest absolute Gasteiger partial charge is 0.366 e. The van der Waals surface area contributed by atoms with Gasteiger partial charge in [-0.2, -0.15) is 0 Å². The number of nitrogens with zero attached hydrogens (tertiary/aromatic N) is 1. The third-order valence-electron chi connectivity index (χ3n) is 3.36. The normalized spacial score (nSPS) is 14.0. The van der Waals surface area contributed by atoms with Gasteiger partial charge in [0.15, 0.2) is 5.84 Å². The van der Waals surface area contributed by atoms with E-state index in [4.69, 9.17) is 0 Å². The Morgan fingerprint density at radius 1 is 1.00 bits per heavy atom. The summed E-state index contributed by atoms with van der Waals surface area (Å²) in [6.07, 6.45) is 0.975. The molecular formula is C17H17N3O. The van der Waals surface area contributed by atoms with E-state index in [1.807, 2.05) is 42.5 Å². The molecule has 21 heavy (non-hydrogen) atoms. The molecule has 4 nitrogen and oxygen atoms in total. The van der Waals surface area contributed by atoms with Crippen LogP contribution in [-0.2, 0) is 4.79 Å². The van der Waals surface area contributed by atoms with Crippen LogP contribution in [0, 0.1) is 0 Å². The van der Waals surface area contributed by atoms with Crippen molar-refractivity contribution in [3.8, 4) is 11.1 Å². The number of rotatable bonds is 3. The van der Waals surface area contributed by atoms with E-state index in [2.05, 4.69) is 27.8 Å². The lowest BCUT2D eigenvalue weighted by atomic mass is 10.1. The molecule has 2 aromatic carbocycles. The van der Waals surface area contributed by atoms with E-state index in [1.54, 1.807) is 0 Å². The SMILES string of the molecule is O=C(Nc1ccc(-c2ccccc2)cc1)C1=NCCCN1. The van der Waals surface area contributed by atoms with Crippen LogP contribution in [0.15, 0.2) is 59.6 Å². The summed E-state index contributed by atoms with van der Waals surface area (Å²) in [5, 5.41) is 5.87. The Labute approximate surface area is 123 Å². The van der Waals surface area contributed by atoms with Gasteiger partial charge in [0.2, 0.25) is 0 Å². The van der Waals surface area contributed by atoms with Gasteiger partial charge in [0.1, 0.15) is 0 Å². The molecule has 2 aromatic rings. The molecule has 0 bridgehead atoms. The molecule has 4 heteroatoms. The Balaban J connectivity index is 1.70. The molecule has 1 aliphatic heterocycles. The van der Waals surface area contributed by atoms with Crippen LogP contribution in [0.2, 0.25) is 0 Å². The van der Waals surface area contributed by atoms with Crippen LogP contribution < -0.4 is 10.6 Å². The standard InChI is InChI=1S/C17H17N3O/c21-17(16-18-11-4-12-19-16)20-15-9-7-14(8-10-15)13-5-2-1-3-6-13/h1-3,5-10H,4,11-12H2,(H,18,19)(H,20,21). The minimum absolute atomic E-state index is 0.179. The van der Waals surface area contributed by atoms with Gasteiger partial charge in [-0.15, -0.1) is 0 Å². The van der Waals surface area contributed by atoms with Gasteiger partial charge in [-0.3, -0.25) is 9.79 Å². The summed E-state index contributed by atoms with van der Waals surface area (Å²) in [6.45, 7) is 1.52. The number of benzene rings is 2. The molecule has 1 aliphatic rings. The topological polar surface area (TPSA) is 53.5 Å². The first-order valence-electron chi connectivity index (χ1n) is 7.08. The lowest BCUT2D eigenvalue weighted by Gasteiger charge is -2.14. The van der Waals surface area contributed by atoms with Crippen molar-refractivity contribution in [2.24, 2.45) is 4.99 Å². The van der Waals surface area contributed by atoms with Gasteiger partial charge >= 0.3 is 0 Å². The lowest BCUT2D eigenvalue weighted by molar-refractivity contribution is -0.110. The van der Waals surface area contributed by atoms with Gasteiger partial charge < -0.3 is 10.6 Å². The fourth-order valence-electron chi connectivity index (χ4n) is 2.25. The number of amidine groups is 1. The van der Waals surface area contributed by atoms with Gasteiger partial charge in [-0.05, 0) is 29.7 Å². The second kappa shape index (κ2) is 6.22. The molecule has 0 fully saturated rings. The Hall–Kier alpha value is -2.62. The molecule has 1 heterocycles. The van der Waals surface area contributed by atoms with Crippen molar-refractivity contribution < 1.29 is 4.79 Å². The Bertz CT molecular complexity index is 647. The predicted molar refractivity (Wildman–Crippen MR) is 85.4 cm³/mol. The van der Waals surface area contributed by atoms with Crippen LogP contribution in [0.25, 0.3) is 11.1 Å². The molecular weight excluding hydrogens is 262 g/mol. The van der Waals surface area contributed by atoms with Crippen LogP contribution in [0.1, 0.15) is 6.42 Å². The third-order valence-corrected chi connectivity index (χ3v) is 3.36. The first-order chi connectivity index (χ1) is 10.3. The van der Waals surface area contributed by atoms with E-state index in [-0.39, 0.29) is 5.91 Å². The molecule has 106 valence electrons. The first-order valence-corrected chi connectivity index (χ1v) is 7.08. The van der Waals surface area contributed by atoms with Crippen LogP contribution in [0.5, 0.6) is 0 Å². The van der Waals surface area contributed by atoms with E-state index in [0.717, 1.165) is 29.8 Å². The number of anilines is 1. The molecule has 0 saturated carbocycles. The van der Waals surface area contributed by atoms with Gasteiger partial charge in [0, 0.05) is 18.8 Å². The first kappa shape index (κ1) is 13.4. The number of amides is 1. The Morgan fingerprint density at radius 3 is 2.38 bits per heavy atom. The molecule has 2 N–H and O–H groups in total. The van der Waals surface area contributed by atoms with Gasteiger partial charge in [0.25, 0.3) is 5.91 Å². The quantitative estimate of drug-likeness (QED) is 0.907. The fraction of sp³-hybridized carbons (Fsp3) is 0.176. The number of hydrogen-bond donors (Lipinski definition) is 2. The molecule has 3 rings (SSSR count). The third kappa shape index (κ3) is 3.28. The van der Waals surface area contributed by atoms with Crippen molar-refractivity contribution in [1.29, 1.82) is 0 Å². The van der Waals surface area contributed by atoms with Crippen LogP contribution in [0.4, 0.5) is 5.69 Å². The molecule has 0 aliphatic carbocycles. The van der Waals surface area contributed by atoms with Gasteiger partial charge in [-0.25, -0.2) is 0 Å². The summed E-state index contributed by atoms with van der Waals surface area (Å²) in [5.41, 5.74) is 3.06. The molecule has 0 unspecified atom stereocenters. The second-order valence-corrected chi connectivity index (χ2v) is 4.91. The number of hydrogen-bond acceptors (Lipinski definition) is 3. The van der Waals surface area contributed by atoms with Crippen molar-refractivity contribution in [3.63, 3.8) is 0 Å². The fourth-order valence-corrected chi connectivity index (χ4v) is 2.25. The lowest BCUT2D eigenvalue weighted by Crippen LogP contribution is -2.39. The summed E-state index contributed by atoms with van der Waals surface area (Å²) < 4.78 is 0. The molecule has 1 amide bonds. The Kier molecular flexibility index (Phi) is 3.96. The minimum Gasteiger partial charge on any atom is -0.366 e. The van der Waals surface area contributed by atoms with Crippen LogP contribution in [0.3, 0.4) is 0 Å². The van der Waals surface area contributed by atoms with E-state index in [1.165, 1.54) is 0 Å². The summed E-state index contributed by atoms with van der Waals surface area (Å²) in [7, 11) is 0. The van der Waals surface area contributed by atoms with Crippen LogP contribution >= 0.6 is 0 Å². The highest BCUT2D eigenvalue weighted by Crippen LogP contribution is 2.20. The zero-order valence-corrected chi connectivity index (χ0v) is 11.7. The number of carbonyl (C=O) groups excluding carboxylic acids is 1. The van der Waals surface area contributed by atoms with E-state index < -0.39 is 0 Å². The van der Waals surface area contributed by atoms with Crippen molar-refractivity contribution in [2.75, 3.05) is 18.4 Å². The summed E-state index contributed by atoms with van der Waals surface area (Å²) >= 11 is 0.